The fraction of sp³-hybridized carbons (Fsp3) is 0.455. The van der Waals surface area contributed by atoms with E-state index in [4.69, 9.17) is 18.6 Å². The summed E-state index contributed by atoms with van der Waals surface area (Å²) in [6.45, 7) is 7.19. The van der Waals surface area contributed by atoms with E-state index < -0.39 is 19.5 Å². The number of benzene rings is 2. The molecule has 4 aliphatic rings. The summed E-state index contributed by atoms with van der Waals surface area (Å²) >= 11 is 0. The lowest BCUT2D eigenvalue weighted by molar-refractivity contribution is 0.119. The van der Waals surface area contributed by atoms with Crippen molar-refractivity contribution in [2.24, 2.45) is 16.7 Å². The molecule has 6 rings (SSSR count). The van der Waals surface area contributed by atoms with E-state index in [1.807, 2.05) is 48.5 Å². The van der Waals surface area contributed by atoms with Crippen molar-refractivity contribution in [1.82, 2.24) is 0 Å². The molecule has 0 amide bonds. The van der Waals surface area contributed by atoms with Crippen molar-refractivity contribution < 1.29 is 18.6 Å². The Hall–Kier alpha value is -2.23. The highest BCUT2D eigenvalue weighted by Gasteiger charge is 2.82. The standard InChI is InChI=1S/C22H24B2O4/c1-20(2)15-12-13-21(20,3)22(14-15,23-25-16-8-4-5-9-17(16)26-23)24-27-18-10-6-7-11-19(18)28-24/h4-11,15H,12-14H2,1-3H3. The molecule has 2 saturated carbocycles. The largest absolute Gasteiger partial charge is 0.602 e. The molecule has 0 radical (unpaired) electrons. The van der Waals surface area contributed by atoms with Crippen molar-refractivity contribution in [2.75, 3.05) is 0 Å². The summed E-state index contributed by atoms with van der Waals surface area (Å²) < 4.78 is 25.7. The zero-order chi connectivity index (χ0) is 19.1. The van der Waals surface area contributed by atoms with E-state index in [-0.39, 0.29) is 10.8 Å². The molecule has 2 atom stereocenters. The zero-order valence-electron chi connectivity index (χ0n) is 16.6. The van der Waals surface area contributed by atoms with Crippen LogP contribution in [-0.4, -0.2) is 14.2 Å². The quantitative estimate of drug-likeness (QED) is 0.691. The van der Waals surface area contributed by atoms with Crippen LogP contribution in [0, 0.1) is 16.7 Å². The van der Waals surface area contributed by atoms with Gasteiger partial charge < -0.3 is 18.6 Å². The summed E-state index contributed by atoms with van der Waals surface area (Å²) in [6, 6.07) is 15.9. The molecule has 28 heavy (non-hydrogen) atoms. The monoisotopic (exact) mass is 374 g/mol. The third-order valence-electron chi connectivity index (χ3n) is 8.52. The predicted molar refractivity (Wildman–Crippen MR) is 109 cm³/mol. The highest BCUT2D eigenvalue weighted by Crippen LogP contribution is 2.79. The van der Waals surface area contributed by atoms with Crippen LogP contribution in [0.25, 0.3) is 0 Å². The lowest BCUT2D eigenvalue weighted by atomic mass is 9.29. The van der Waals surface area contributed by atoms with Gasteiger partial charge in [-0.15, -0.1) is 0 Å². The fourth-order valence-corrected chi connectivity index (χ4v) is 6.46. The van der Waals surface area contributed by atoms with E-state index in [0.717, 1.165) is 35.8 Å². The minimum absolute atomic E-state index is 0.0237. The van der Waals surface area contributed by atoms with Gasteiger partial charge in [0.1, 0.15) is 28.2 Å². The summed E-state index contributed by atoms with van der Waals surface area (Å²) in [4.78, 5) is 0. The van der Waals surface area contributed by atoms with Crippen molar-refractivity contribution >= 4 is 14.2 Å². The molecule has 2 aliphatic carbocycles. The van der Waals surface area contributed by atoms with Gasteiger partial charge in [0.2, 0.25) is 0 Å². The third kappa shape index (κ3) is 1.80. The molecular formula is C22H24B2O4. The molecule has 2 aromatic carbocycles. The van der Waals surface area contributed by atoms with Gasteiger partial charge in [-0.1, -0.05) is 45.0 Å². The Bertz CT molecular complexity index is 856. The van der Waals surface area contributed by atoms with Gasteiger partial charge in [-0.05, 0) is 60.3 Å². The van der Waals surface area contributed by atoms with Gasteiger partial charge in [-0.3, -0.25) is 0 Å². The smallest absolute Gasteiger partial charge is 0.523 e. The van der Waals surface area contributed by atoms with Crippen molar-refractivity contribution in [3.63, 3.8) is 0 Å². The van der Waals surface area contributed by atoms with Crippen LogP contribution in [0.4, 0.5) is 0 Å². The Kier molecular flexibility index (Phi) is 3.11. The second kappa shape index (κ2) is 5.22. The third-order valence-corrected chi connectivity index (χ3v) is 8.52. The molecular weight excluding hydrogens is 350 g/mol. The molecule has 2 aliphatic heterocycles. The molecule has 2 aromatic rings. The van der Waals surface area contributed by atoms with Crippen molar-refractivity contribution in [1.29, 1.82) is 0 Å². The lowest BCUT2D eigenvalue weighted by Crippen LogP contribution is -2.61. The summed E-state index contributed by atoms with van der Waals surface area (Å²) in [5.41, 5.74) is 0.139. The van der Waals surface area contributed by atoms with Crippen molar-refractivity contribution in [2.45, 2.75) is 45.2 Å². The van der Waals surface area contributed by atoms with Gasteiger partial charge >= 0.3 is 14.2 Å². The van der Waals surface area contributed by atoms with E-state index in [2.05, 4.69) is 20.8 Å². The zero-order valence-corrected chi connectivity index (χ0v) is 16.6. The maximum absolute atomic E-state index is 6.43. The highest BCUT2D eigenvalue weighted by molar-refractivity contribution is 6.73. The van der Waals surface area contributed by atoms with Crippen LogP contribution in [0.15, 0.2) is 48.5 Å². The molecule has 0 aromatic heterocycles. The van der Waals surface area contributed by atoms with Crippen molar-refractivity contribution in [3.05, 3.63) is 48.5 Å². The molecule has 2 fully saturated rings. The van der Waals surface area contributed by atoms with E-state index in [1.165, 1.54) is 6.42 Å². The van der Waals surface area contributed by atoms with E-state index in [9.17, 15) is 0 Å². The topological polar surface area (TPSA) is 36.9 Å². The van der Waals surface area contributed by atoms with Crippen LogP contribution < -0.4 is 18.6 Å². The summed E-state index contributed by atoms with van der Waals surface area (Å²) in [5.74, 6) is 3.85. The summed E-state index contributed by atoms with van der Waals surface area (Å²) in [6.07, 6.45) is 3.35. The Morgan fingerprint density at radius 3 is 1.50 bits per heavy atom. The first-order chi connectivity index (χ1) is 13.5. The van der Waals surface area contributed by atoms with Gasteiger partial charge in [0.25, 0.3) is 0 Å². The molecule has 2 unspecified atom stereocenters. The first-order valence-electron chi connectivity index (χ1n) is 10.3. The summed E-state index contributed by atoms with van der Waals surface area (Å²) in [7, 11) is -0.836. The molecule has 4 nitrogen and oxygen atoms in total. The minimum Gasteiger partial charge on any atom is -0.523 e. The van der Waals surface area contributed by atoms with Gasteiger partial charge in [-0.2, -0.15) is 0 Å². The first kappa shape index (κ1) is 16.7. The minimum atomic E-state index is -0.418. The average molecular weight is 374 g/mol. The molecule has 2 bridgehead atoms. The van der Waals surface area contributed by atoms with Gasteiger partial charge in [-0.25, -0.2) is 0 Å². The fourth-order valence-electron chi connectivity index (χ4n) is 6.46. The van der Waals surface area contributed by atoms with E-state index in [0.29, 0.717) is 5.92 Å². The summed E-state index contributed by atoms with van der Waals surface area (Å²) in [5, 5.41) is -0.391. The Labute approximate surface area is 166 Å². The lowest BCUT2D eigenvalue weighted by Gasteiger charge is -2.47. The number of hydrogen-bond acceptors (Lipinski definition) is 4. The molecule has 6 heteroatoms. The van der Waals surface area contributed by atoms with Crippen LogP contribution in [0.1, 0.15) is 40.0 Å². The molecule has 0 spiro atoms. The average Bonchev–Trinajstić information content (AvgIpc) is 3.40. The van der Waals surface area contributed by atoms with Crippen molar-refractivity contribution in [3.8, 4) is 23.0 Å². The number of fused-ring (bicyclic) bond motifs is 4. The number of hydrogen-bond donors (Lipinski definition) is 0. The van der Waals surface area contributed by atoms with Crippen LogP contribution in [0.3, 0.4) is 0 Å². The van der Waals surface area contributed by atoms with E-state index >= 15 is 0 Å². The molecule has 2 heterocycles. The number of rotatable bonds is 2. The normalized spacial score (nSPS) is 30.2. The Morgan fingerprint density at radius 2 is 1.18 bits per heavy atom. The molecule has 0 N–H and O–H groups in total. The molecule has 142 valence electrons. The second-order valence-electron chi connectivity index (χ2n) is 9.56. The molecule has 0 saturated heterocycles. The second-order valence-corrected chi connectivity index (χ2v) is 9.56. The van der Waals surface area contributed by atoms with Gasteiger partial charge in [0.15, 0.2) is 0 Å². The van der Waals surface area contributed by atoms with Crippen LogP contribution >= 0.6 is 0 Å². The predicted octanol–water partition coefficient (Wildman–Crippen LogP) is 5.03. The Morgan fingerprint density at radius 1 is 0.750 bits per heavy atom. The maximum Gasteiger partial charge on any atom is 0.602 e. The first-order valence-corrected chi connectivity index (χ1v) is 10.3. The van der Waals surface area contributed by atoms with Gasteiger partial charge in [0, 0.05) is 0 Å². The Balaban J connectivity index is 1.47. The SMILES string of the molecule is CC1(C)C2CCC1(C)C(B1Oc3ccccc3O1)(B1Oc3ccccc3O1)C2. The number of para-hydroxylation sites is 4. The van der Waals surface area contributed by atoms with Gasteiger partial charge in [0.05, 0.1) is 0 Å². The van der Waals surface area contributed by atoms with Crippen LogP contribution in [0.2, 0.25) is 5.21 Å². The highest BCUT2D eigenvalue weighted by atomic mass is 16.7. The van der Waals surface area contributed by atoms with Crippen LogP contribution in [-0.2, 0) is 0 Å². The maximum atomic E-state index is 6.43. The van der Waals surface area contributed by atoms with E-state index in [1.54, 1.807) is 0 Å². The van der Waals surface area contributed by atoms with Crippen LogP contribution in [0.5, 0.6) is 23.0 Å².